The van der Waals surface area contributed by atoms with Gasteiger partial charge >= 0.3 is 0 Å². The van der Waals surface area contributed by atoms with Crippen LogP contribution in [0.5, 0.6) is 0 Å². The van der Waals surface area contributed by atoms with Crippen LogP contribution in [0.15, 0.2) is 54.6 Å². The highest BCUT2D eigenvalue weighted by Crippen LogP contribution is 2.37. The number of hydrogen-bond donors (Lipinski definition) is 3. The minimum absolute atomic E-state index is 0.0537. The summed E-state index contributed by atoms with van der Waals surface area (Å²) in [6.07, 6.45) is -0.549. The van der Waals surface area contributed by atoms with E-state index in [0.29, 0.717) is 0 Å². The van der Waals surface area contributed by atoms with Gasteiger partial charge in [-0.25, -0.2) is 0 Å². The minimum Gasteiger partial charge on any atom is -0.390 e. The summed E-state index contributed by atoms with van der Waals surface area (Å²) >= 11 is 0. The van der Waals surface area contributed by atoms with Crippen LogP contribution in [-0.4, -0.2) is 15.2 Å². The molecule has 3 rings (SSSR count). The van der Waals surface area contributed by atoms with Gasteiger partial charge < -0.3 is 15.2 Å². The van der Waals surface area contributed by atoms with Crippen LogP contribution in [0.25, 0.3) is 22.4 Å². The second-order valence-electron chi connectivity index (χ2n) is 5.77. The van der Waals surface area contributed by atoms with Crippen LogP contribution < -0.4 is 0 Å². The van der Waals surface area contributed by atoms with Gasteiger partial charge in [-0.2, -0.15) is 0 Å². The van der Waals surface area contributed by atoms with Gasteiger partial charge in [0.25, 0.3) is 0 Å². The molecular formula is C20H21NO2. The first-order valence-electron chi connectivity index (χ1n) is 7.78. The lowest BCUT2D eigenvalue weighted by Crippen LogP contribution is -1.95. The Hall–Kier alpha value is -2.36. The van der Waals surface area contributed by atoms with E-state index in [-0.39, 0.29) is 6.61 Å². The molecule has 1 aromatic heterocycles. The molecule has 23 heavy (non-hydrogen) atoms. The summed E-state index contributed by atoms with van der Waals surface area (Å²) in [5, 5.41) is 19.8. The van der Waals surface area contributed by atoms with Crippen LogP contribution in [0.4, 0.5) is 0 Å². The lowest BCUT2D eigenvalue weighted by Gasteiger charge is -2.12. The molecule has 0 aliphatic heterocycles. The van der Waals surface area contributed by atoms with E-state index in [1.165, 1.54) is 0 Å². The average Bonchev–Trinajstić information content (AvgIpc) is 2.92. The monoisotopic (exact) mass is 307 g/mol. The third-order valence-electron chi connectivity index (χ3n) is 4.23. The van der Waals surface area contributed by atoms with Gasteiger partial charge in [0, 0.05) is 22.5 Å². The molecular weight excluding hydrogens is 286 g/mol. The fraction of sp³-hybridized carbons (Fsp3) is 0.200. The molecule has 3 aromatic rings. The molecule has 0 fully saturated rings. The zero-order valence-electron chi connectivity index (χ0n) is 13.4. The Bertz CT molecular complexity index is 804. The Balaban J connectivity index is 2.22. The number of aromatic amines is 1. The van der Waals surface area contributed by atoms with Crippen molar-refractivity contribution in [3.63, 3.8) is 0 Å². The number of hydrogen-bond acceptors (Lipinski definition) is 2. The summed E-state index contributed by atoms with van der Waals surface area (Å²) in [4.78, 5) is 3.35. The summed E-state index contributed by atoms with van der Waals surface area (Å²) in [5.74, 6) is 0. The van der Waals surface area contributed by atoms with Crippen molar-refractivity contribution in [2.75, 3.05) is 0 Å². The highest BCUT2D eigenvalue weighted by Gasteiger charge is 2.19. The summed E-state index contributed by atoms with van der Waals surface area (Å²) in [7, 11) is 0. The molecule has 3 heteroatoms. The number of aliphatic hydroxyl groups is 2. The molecule has 0 spiro atoms. The number of aromatic nitrogens is 1. The Morgan fingerprint density at radius 2 is 1.65 bits per heavy atom. The molecule has 0 saturated carbocycles. The van der Waals surface area contributed by atoms with Crippen LogP contribution in [0.2, 0.25) is 0 Å². The second kappa shape index (κ2) is 6.41. The van der Waals surface area contributed by atoms with Crippen molar-refractivity contribution >= 4 is 0 Å². The highest BCUT2D eigenvalue weighted by atomic mass is 16.3. The smallest absolute Gasteiger partial charge is 0.0837 e. The van der Waals surface area contributed by atoms with Crippen molar-refractivity contribution < 1.29 is 10.2 Å². The number of benzene rings is 2. The molecule has 0 aliphatic carbocycles. The summed E-state index contributed by atoms with van der Waals surface area (Å²) in [5.41, 5.74) is 6.77. The topological polar surface area (TPSA) is 56.2 Å². The molecule has 1 atom stereocenters. The first kappa shape index (κ1) is 15.5. The molecule has 3 nitrogen and oxygen atoms in total. The molecule has 3 N–H and O–H groups in total. The fourth-order valence-electron chi connectivity index (χ4n) is 3.13. The van der Waals surface area contributed by atoms with Gasteiger partial charge in [0.15, 0.2) is 0 Å². The van der Waals surface area contributed by atoms with E-state index in [2.05, 4.69) is 4.98 Å². The van der Waals surface area contributed by atoms with E-state index in [9.17, 15) is 10.2 Å². The van der Waals surface area contributed by atoms with Gasteiger partial charge in [0.1, 0.15) is 0 Å². The second-order valence-corrected chi connectivity index (χ2v) is 5.77. The third-order valence-corrected chi connectivity index (χ3v) is 4.23. The van der Waals surface area contributed by atoms with Crippen LogP contribution in [-0.2, 0) is 6.61 Å². The standard InChI is InChI=1S/C20H21NO2/c1-13-19(15-8-4-3-5-9-15)18(12-22)21-20(13)17-11-7-6-10-16(17)14(2)23/h3-11,14,21-23H,12H2,1-2H3. The highest BCUT2D eigenvalue weighted by molar-refractivity contribution is 5.80. The first-order valence-corrected chi connectivity index (χ1v) is 7.78. The largest absolute Gasteiger partial charge is 0.390 e. The van der Waals surface area contributed by atoms with E-state index in [1.807, 2.05) is 61.5 Å². The Morgan fingerprint density at radius 3 is 2.30 bits per heavy atom. The van der Waals surface area contributed by atoms with E-state index in [4.69, 9.17) is 0 Å². The first-order chi connectivity index (χ1) is 11.1. The van der Waals surface area contributed by atoms with Gasteiger partial charge in [0.05, 0.1) is 12.7 Å². The third kappa shape index (κ3) is 2.81. The number of aliphatic hydroxyl groups excluding tert-OH is 2. The molecule has 118 valence electrons. The van der Waals surface area contributed by atoms with E-state index < -0.39 is 6.10 Å². The fourth-order valence-corrected chi connectivity index (χ4v) is 3.13. The maximum Gasteiger partial charge on any atom is 0.0837 e. The SMILES string of the molecule is Cc1c(-c2ccccc2C(C)O)[nH]c(CO)c1-c1ccccc1. The Morgan fingerprint density at radius 1 is 1.00 bits per heavy atom. The molecule has 2 aromatic carbocycles. The normalized spacial score (nSPS) is 12.3. The molecule has 0 radical (unpaired) electrons. The van der Waals surface area contributed by atoms with Crippen molar-refractivity contribution in [3.8, 4) is 22.4 Å². The number of H-pyrrole nitrogens is 1. The maximum absolute atomic E-state index is 10.0. The lowest BCUT2D eigenvalue weighted by molar-refractivity contribution is 0.200. The summed E-state index contributed by atoms with van der Waals surface area (Å²) in [6, 6.07) is 17.9. The average molecular weight is 307 g/mol. The molecule has 0 amide bonds. The van der Waals surface area contributed by atoms with Crippen LogP contribution >= 0.6 is 0 Å². The zero-order valence-corrected chi connectivity index (χ0v) is 13.4. The molecule has 0 bridgehead atoms. The number of rotatable bonds is 4. The van der Waals surface area contributed by atoms with Crippen LogP contribution in [0.1, 0.15) is 29.8 Å². The van der Waals surface area contributed by atoms with Gasteiger partial charge in [-0.3, -0.25) is 0 Å². The van der Waals surface area contributed by atoms with Crippen molar-refractivity contribution in [2.24, 2.45) is 0 Å². The minimum atomic E-state index is -0.549. The number of nitrogens with one attached hydrogen (secondary N) is 1. The Labute approximate surface area is 136 Å². The molecule has 1 heterocycles. The lowest BCUT2D eigenvalue weighted by atomic mass is 9.95. The van der Waals surface area contributed by atoms with Crippen molar-refractivity contribution in [2.45, 2.75) is 26.6 Å². The van der Waals surface area contributed by atoms with Crippen molar-refractivity contribution in [1.29, 1.82) is 0 Å². The van der Waals surface area contributed by atoms with Crippen molar-refractivity contribution in [1.82, 2.24) is 4.98 Å². The van der Waals surface area contributed by atoms with Crippen LogP contribution in [0.3, 0.4) is 0 Å². The molecule has 0 aliphatic rings. The predicted octanol–water partition coefficient (Wildman–Crippen LogP) is 4.20. The van der Waals surface area contributed by atoms with E-state index in [1.54, 1.807) is 6.92 Å². The quantitative estimate of drug-likeness (QED) is 0.676. The zero-order chi connectivity index (χ0) is 16.4. The predicted molar refractivity (Wildman–Crippen MR) is 93.0 cm³/mol. The Kier molecular flexibility index (Phi) is 4.33. The maximum atomic E-state index is 10.0. The summed E-state index contributed by atoms with van der Waals surface area (Å²) in [6.45, 7) is 3.76. The van der Waals surface area contributed by atoms with Gasteiger partial charge in [0.2, 0.25) is 0 Å². The van der Waals surface area contributed by atoms with E-state index in [0.717, 1.165) is 39.2 Å². The van der Waals surface area contributed by atoms with Gasteiger partial charge in [-0.1, -0.05) is 54.6 Å². The molecule has 1 unspecified atom stereocenters. The van der Waals surface area contributed by atoms with Gasteiger partial charge in [-0.15, -0.1) is 0 Å². The van der Waals surface area contributed by atoms with Crippen LogP contribution in [0, 0.1) is 6.92 Å². The summed E-state index contributed by atoms with van der Waals surface area (Å²) < 4.78 is 0. The van der Waals surface area contributed by atoms with E-state index >= 15 is 0 Å². The molecule has 0 saturated heterocycles. The van der Waals surface area contributed by atoms with Crippen molar-refractivity contribution in [3.05, 3.63) is 71.4 Å². The van der Waals surface area contributed by atoms with Gasteiger partial charge in [-0.05, 0) is 30.5 Å².